The first-order chi connectivity index (χ1) is 8.78. The summed E-state index contributed by atoms with van der Waals surface area (Å²) in [6.45, 7) is 1.00. The summed E-state index contributed by atoms with van der Waals surface area (Å²) in [5, 5.41) is 8.05. The number of nitrogens with zero attached hydrogens (tertiary/aromatic N) is 3. The molecule has 1 unspecified atom stereocenters. The molecule has 1 aromatic carbocycles. The van der Waals surface area contributed by atoms with Gasteiger partial charge < -0.3 is 4.74 Å². The number of fused-ring (bicyclic) bond motifs is 1. The summed E-state index contributed by atoms with van der Waals surface area (Å²) in [5.41, 5.74) is 2.61. The minimum Gasteiger partial charge on any atom is -0.365 e. The average molecular weight is 268 g/mol. The number of hydrogen-bond donors (Lipinski definition) is 0. The number of benzene rings is 1. The Kier molecular flexibility index (Phi) is 3.01. The summed E-state index contributed by atoms with van der Waals surface area (Å²) in [5.74, 6) is 0.0836. The van der Waals surface area contributed by atoms with Gasteiger partial charge in [0.05, 0.1) is 24.7 Å². The Balaban J connectivity index is 1.84. The van der Waals surface area contributed by atoms with Crippen molar-refractivity contribution in [2.24, 2.45) is 0 Å². The highest BCUT2D eigenvalue weighted by Gasteiger charge is 2.24. The Morgan fingerprint density at radius 3 is 2.89 bits per heavy atom. The van der Waals surface area contributed by atoms with Crippen LogP contribution in [0.4, 0.5) is 4.39 Å². The Morgan fingerprint density at radius 2 is 2.17 bits per heavy atom. The quantitative estimate of drug-likeness (QED) is 0.785. The third-order valence-electron chi connectivity index (χ3n) is 3.05. The molecule has 0 fully saturated rings. The minimum absolute atomic E-state index is 0.122. The molecule has 0 amide bonds. The van der Waals surface area contributed by atoms with Crippen molar-refractivity contribution < 1.29 is 9.13 Å². The van der Waals surface area contributed by atoms with Gasteiger partial charge >= 0.3 is 0 Å². The van der Waals surface area contributed by atoms with Crippen molar-refractivity contribution in [2.75, 3.05) is 0 Å². The molecule has 94 valence electrons. The zero-order valence-corrected chi connectivity index (χ0v) is 10.3. The second-order valence-electron chi connectivity index (χ2n) is 4.15. The molecule has 0 saturated carbocycles. The van der Waals surface area contributed by atoms with Crippen LogP contribution in [-0.2, 0) is 23.8 Å². The van der Waals surface area contributed by atoms with Gasteiger partial charge in [-0.1, -0.05) is 17.3 Å². The summed E-state index contributed by atoms with van der Waals surface area (Å²) < 4.78 is 20.4. The smallest absolute Gasteiger partial charge is 0.123 e. The van der Waals surface area contributed by atoms with Crippen LogP contribution >= 0.6 is 11.6 Å². The highest BCUT2D eigenvalue weighted by atomic mass is 35.5. The predicted octanol–water partition coefficient (Wildman–Crippen LogP) is 2.43. The van der Waals surface area contributed by atoms with Gasteiger partial charge in [-0.3, -0.25) is 0 Å². The minimum atomic E-state index is -0.250. The molecule has 0 N–H and O–H groups in total. The summed E-state index contributed by atoms with van der Waals surface area (Å²) in [4.78, 5) is 0. The maximum Gasteiger partial charge on any atom is 0.123 e. The molecular weight excluding hydrogens is 257 g/mol. The molecule has 6 heteroatoms. The van der Waals surface area contributed by atoms with E-state index in [0.29, 0.717) is 19.0 Å². The fourth-order valence-corrected chi connectivity index (χ4v) is 2.25. The van der Waals surface area contributed by atoms with E-state index in [2.05, 4.69) is 10.3 Å². The topological polar surface area (TPSA) is 39.9 Å². The van der Waals surface area contributed by atoms with Crippen molar-refractivity contribution >= 4 is 11.6 Å². The summed E-state index contributed by atoms with van der Waals surface area (Å²) in [6, 6.07) is 6.31. The number of hydrogen-bond acceptors (Lipinski definition) is 3. The van der Waals surface area contributed by atoms with Crippen LogP contribution in [0, 0.1) is 5.82 Å². The second-order valence-corrected chi connectivity index (χ2v) is 4.42. The third-order valence-corrected chi connectivity index (χ3v) is 3.30. The molecule has 1 aliphatic rings. The number of alkyl halides is 1. The predicted molar refractivity (Wildman–Crippen MR) is 63.5 cm³/mol. The van der Waals surface area contributed by atoms with E-state index in [1.807, 2.05) is 0 Å². The van der Waals surface area contributed by atoms with Gasteiger partial charge in [-0.25, -0.2) is 9.07 Å². The largest absolute Gasteiger partial charge is 0.365 e. The normalized spacial score (nSPS) is 18.7. The lowest BCUT2D eigenvalue weighted by molar-refractivity contribution is -0.00173. The number of aromatic nitrogens is 3. The summed E-state index contributed by atoms with van der Waals surface area (Å²) >= 11 is 5.76. The SMILES string of the molecule is Fc1ccc(C2Cn3nnc(CCl)c3CO2)cc1. The molecule has 0 radical (unpaired) electrons. The molecule has 18 heavy (non-hydrogen) atoms. The highest BCUT2D eigenvalue weighted by molar-refractivity contribution is 6.16. The standard InChI is InChI=1S/C12H11ClFN3O/c13-5-10-11-7-18-12(6-17(11)16-15-10)8-1-3-9(14)4-2-8/h1-4,12H,5-7H2. The third kappa shape index (κ3) is 2.00. The van der Waals surface area contributed by atoms with Crippen molar-refractivity contribution in [3.05, 3.63) is 47.0 Å². The van der Waals surface area contributed by atoms with Crippen LogP contribution in [0.1, 0.15) is 23.1 Å². The molecule has 4 nitrogen and oxygen atoms in total. The maximum atomic E-state index is 12.9. The molecular formula is C12H11ClFN3O. The lowest BCUT2D eigenvalue weighted by atomic mass is 10.1. The van der Waals surface area contributed by atoms with E-state index < -0.39 is 0 Å². The van der Waals surface area contributed by atoms with Gasteiger partial charge in [0.25, 0.3) is 0 Å². The zero-order valence-electron chi connectivity index (χ0n) is 9.51. The monoisotopic (exact) mass is 267 g/mol. The van der Waals surface area contributed by atoms with Crippen LogP contribution in [0.15, 0.2) is 24.3 Å². The molecule has 1 atom stereocenters. The van der Waals surface area contributed by atoms with Gasteiger partial charge in [-0.15, -0.1) is 16.7 Å². The van der Waals surface area contributed by atoms with Crippen LogP contribution in [-0.4, -0.2) is 15.0 Å². The van der Waals surface area contributed by atoms with Crippen LogP contribution in [0.25, 0.3) is 0 Å². The zero-order chi connectivity index (χ0) is 12.5. The van der Waals surface area contributed by atoms with Crippen LogP contribution < -0.4 is 0 Å². The van der Waals surface area contributed by atoms with E-state index >= 15 is 0 Å². The fraction of sp³-hybridized carbons (Fsp3) is 0.333. The van der Waals surface area contributed by atoms with E-state index in [1.165, 1.54) is 12.1 Å². The summed E-state index contributed by atoms with van der Waals surface area (Å²) in [7, 11) is 0. The van der Waals surface area contributed by atoms with E-state index in [0.717, 1.165) is 17.0 Å². The second kappa shape index (κ2) is 4.66. The first kappa shape index (κ1) is 11.6. The van der Waals surface area contributed by atoms with Gasteiger partial charge in [-0.05, 0) is 17.7 Å². The molecule has 3 rings (SSSR count). The Hall–Kier alpha value is -1.46. The highest BCUT2D eigenvalue weighted by Crippen LogP contribution is 2.27. The van der Waals surface area contributed by atoms with E-state index in [-0.39, 0.29) is 11.9 Å². The van der Waals surface area contributed by atoms with Crippen molar-refractivity contribution in [1.82, 2.24) is 15.0 Å². The van der Waals surface area contributed by atoms with Crippen LogP contribution in [0.5, 0.6) is 0 Å². The van der Waals surface area contributed by atoms with E-state index in [4.69, 9.17) is 16.3 Å². The van der Waals surface area contributed by atoms with Crippen molar-refractivity contribution in [3.63, 3.8) is 0 Å². The molecule has 1 aromatic heterocycles. The number of ether oxygens (including phenoxy) is 1. The van der Waals surface area contributed by atoms with Crippen molar-refractivity contribution in [1.29, 1.82) is 0 Å². The average Bonchev–Trinajstić information content (AvgIpc) is 2.81. The fourth-order valence-electron chi connectivity index (χ4n) is 2.05. The van der Waals surface area contributed by atoms with Gasteiger partial charge in [0.2, 0.25) is 0 Å². The molecule has 0 aliphatic carbocycles. The number of rotatable bonds is 2. The number of halogens is 2. The lowest BCUT2D eigenvalue weighted by Crippen LogP contribution is -2.22. The van der Waals surface area contributed by atoms with Gasteiger partial charge in [0.15, 0.2) is 0 Å². The van der Waals surface area contributed by atoms with Gasteiger partial charge in [-0.2, -0.15) is 0 Å². The van der Waals surface area contributed by atoms with Gasteiger partial charge in [0.1, 0.15) is 17.6 Å². The van der Waals surface area contributed by atoms with E-state index in [9.17, 15) is 4.39 Å². The Morgan fingerprint density at radius 1 is 1.39 bits per heavy atom. The molecule has 2 heterocycles. The van der Waals surface area contributed by atoms with Gasteiger partial charge in [0, 0.05) is 0 Å². The lowest BCUT2D eigenvalue weighted by Gasteiger charge is -2.24. The van der Waals surface area contributed by atoms with Crippen LogP contribution in [0.2, 0.25) is 0 Å². The first-order valence-electron chi connectivity index (χ1n) is 5.62. The van der Waals surface area contributed by atoms with Crippen molar-refractivity contribution in [3.8, 4) is 0 Å². The van der Waals surface area contributed by atoms with E-state index in [1.54, 1.807) is 16.8 Å². The molecule has 2 aromatic rings. The summed E-state index contributed by atoms with van der Waals surface area (Å²) in [6.07, 6.45) is -0.122. The Bertz CT molecular complexity index is 555. The molecule has 0 bridgehead atoms. The Labute approximate surface area is 108 Å². The van der Waals surface area contributed by atoms with Crippen LogP contribution in [0.3, 0.4) is 0 Å². The first-order valence-corrected chi connectivity index (χ1v) is 6.15. The maximum absolute atomic E-state index is 12.9. The molecule has 0 saturated heterocycles. The molecule has 0 spiro atoms. The molecule has 1 aliphatic heterocycles. The van der Waals surface area contributed by atoms with Crippen molar-refractivity contribution in [2.45, 2.75) is 25.1 Å².